The lowest BCUT2D eigenvalue weighted by Gasteiger charge is -2.14. The van der Waals surface area contributed by atoms with Crippen molar-refractivity contribution in [2.24, 2.45) is 0 Å². The minimum atomic E-state index is -0.854. The maximum atomic E-state index is 12.2. The van der Waals surface area contributed by atoms with Gasteiger partial charge in [-0.05, 0) is 49.6 Å². The number of hydrogen-bond donors (Lipinski definition) is 1. The van der Waals surface area contributed by atoms with Gasteiger partial charge in [-0.25, -0.2) is 0 Å². The summed E-state index contributed by atoms with van der Waals surface area (Å²) in [6, 6.07) is 15.0. The molecule has 1 atom stereocenters. The quantitative estimate of drug-likeness (QED) is 0.636. The van der Waals surface area contributed by atoms with E-state index in [1.165, 1.54) is 0 Å². The summed E-state index contributed by atoms with van der Waals surface area (Å²) in [6.45, 7) is 4.39. The largest absolute Gasteiger partial charge is 0.497 e. The maximum Gasteiger partial charge on any atom is 0.306 e. The van der Waals surface area contributed by atoms with Crippen LogP contribution in [0.5, 0.6) is 11.5 Å². The molecule has 0 aromatic heterocycles. The zero-order valence-corrected chi connectivity index (χ0v) is 16.6. The van der Waals surface area contributed by atoms with Crippen molar-refractivity contribution in [3.8, 4) is 11.5 Å². The van der Waals surface area contributed by atoms with Gasteiger partial charge in [0.15, 0.2) is 6.10 Å². The predicted molar refractivity (Wildman–Crippen MR) is 106 cm³/mol. The lowest BCUT2D eigenvalue weighted by Crippen LogP contribution is -2.35. The van der Waals surface area contributed by atoms with Crippen LogP contribution in [0.15, 0.2) is 48.5 Å². The molecule has 6 heteroatoms. The van der Waals surface area contributed by atoms with Crippen molar-refractivity contribution in [2.45, 2.75) is 39.3 Å². The van der Waals surface area contributed by atoms with Crippen LogP contribution in [0, 0.1) is 0 Å². The van der Waals surface area contributed by atoms with Gasteiger partial charge in [0.05, 0.1) is 13.7 Å². The molecule has 2 aromatic rings. The highest BCUT2D eigenvalue weighted by atomic mass is 16.5. The molecular formula is C22H27NO5. The molecule has 0 aliphatic heterocycles. The number of rotatable bonds is 10. The van der Waals surface area contributed by atoms with Gasteiger partial charge in [0.1, 0.15) is 11.5 Å². The Morgan fingerprint density at radius 2 is 1.79 bits per heavy atom. The lowest BCUT2D eigenvalue weighted by molar-refractivity contribution is -0.154. The first-order chi connectivity index (χ1) is 13.5. The molecule has 6 nitrogen and oxygen atoms in total. The van der Waals surface area contributed by atoms with E-state index in [1.54, 1.807) is 14.0 Å². The Labute approximate surface area is 165 Å². The fourth-order valence-electron chi connectivity index (χ4n) is 2.63. The molecule has 2 aromatic carbocycles. The molecule has 0 aliphatic rings. The van der Waals surface area contributed by atoms with Crippen molar-refractivity contribution >= 4 is 11.9 Å². The Kier molecular flexibility index (Phi) is 8.34. The number of ether oxygens (including phenoxy) is 3. The van der Waals surface area contributed by atoms with E-state index >= 15 is 0 Å². The molecule has 0 heterocycles. The number of esters is 1. The summed E-state index contributed by atoms with van der Waals surface area (Å²) in [5, 5.41) is 2.76. The van der Waals surface area contributed by atoms with Crippen LogP contribution >= 0.6 is 0 Å². The van der Waals surface area contributed by atoms with Gasteiger partial charge in [-0.2, -0.15) is 0 Å². The van der Waals surface area contributed by atoms with Crippen LogP contribution in [0.1, 0.15) is 31.4 Å². The summed E-state index contributed by atoms with van der Waals surface area (Å²) >= 11 is 0. The summed E-state index contributed by atoms with van der Waals surface area (Å²) in [4.78, 5) is 24.2. The van der Waals surface area contributed by atoms with Crippen molar-refractivity contribution in [3.05, 3.63) is 59.7 Å². The van der Waals surface area contributed by atoms with Crippen LogP contribution < -0.4 is 14.8 Å². The fourth-order valence-corrected chi connectivity index (χ4v) is 2.63. The molecule has 0 unspecified atom stereocenters. The van der Waals surface area contributed by atoms with Gasteiger partial charge in [-0.15, -0.1) is 0 Å². The number of benzene rings is 2. The molecule has 0 bridgehead atoms. The second kappa shape index (κ2) is 11.0. The van der Waals surface area contributed by atoms with E-state index in [1.807, 2.05) is 55.5 Å². The predicted octanol–water partition coefficient (Wildman–Crippen LogP) is 3.27. The fraction of sp³-hybridized carbons (Fsp3) is 0.364. The third-order valence-electron chi connectivity index (χ3n) is 4.17. The summed E-state index contributed by atoms with van der Waals surface area (Å²) in [6.07, 6.45) is -0.178. The molecule has 0 fully saturated rings. The highest BCUT2D eigenvalue weighted by Crippen LogP contribution is 2.19. The third kappa shape index (κ3) is 6.61. The molecule has 0 radical (unpaired) electrons. The van der Waals surface area contributed by atoms with Gasteiger partial charge in [0.2, 0.25) is 0 Å². The van der Waals surface area contributed by atoms with E-state index in [0.29, 0.717) is 19.6 Å². The molecule has 150 valence electrons. The minimum absolute atomic E-state index is 0.181. The third-order valence-corrected chi connectivity index (χ3v) is 4.17. The van der Waals surface area contributed by atoms with Crippen LogP contribution in [-0.4, -0.2) is 31.7 Å². The van der Waals surface area contributed by atoms with Gasteiger partial charge in [0.25, 0.3) is 5.91 Å². The zero-order chi connectivity index (χ0) is 20.4. The second-order valence-electron chi connectivity index (χ2n) is 6.24. The molecule has 1 N–H and O–H groups in total. The van der Waals surface area contributed by atoms with Crippen LogP contribution in [0.25, 0.3) is 0 Å². The molecule has 2 rings (SSSR count). The first kappa shape index (κ1) is 21.3. The van der Waals surface area contributed by atoms with Gasteiger partial charge >= 0.3 is 5.97 Å². The lowest BCUT2D eigenvalue weighted by atomic mass is 10.1. The van der Waals surface area contributed by atoms with E-state index in [9.17, 15) is 9.59 Å². The Morgan fingerprint density at radius 3 is 2.46 bits per heavy atom. The number of carbonyl (C=O) groups excluding carboxylic acids is 2. The Hall–Kier alpha value is -3.02. The number of methoxy groups -OCH3 is 1. The van der Waals surface area contributed by atoms with E-state index in [0.717, 1.165) is 22.6 Å². The highest BCUT2D eigenvalue weighted by Gasteiger charge is 2.18. The second-order valence-corrected chi connectivity index (χ2v) is 6.24. The zero-order valence-electron chi connectivity index (χ0n) is 16.6. The van der Waals surface area contributed by atoms with Crippen molar-refractivity contribution in [2.75, 3.05) is 13.7 Å². The Morgan fingerprint density at radius 1 is 1.07 bits per heavy atom. The van der Waals surface area contributed by atoms with E-state index < -0.39 is 12.1 Å². The molecule has 0 spiro atoms. The first-order valence-electron chi connectivity index (χ1n) is 9.34. The average Bonchev–Trinajstić information content (AvgIpc) is 2.72. The molecule has 28 heavy (non-hydrogen) atoms. The van der Waals surface area contributed by atoms with Crippen LogP contribution in [0.2, 0.25) is 0 Å². The number of amides is 1. The molecule has 1 amide bonds. The van der Waals surface area contributed by atoms with Crippen molar-refractivity contribution in [3.63, 3.8) is 0 Å². The smallest absolute Gasteiger partial charge is 0.306 e. The normalized spacial score (nSPS) is 11.4. The number of aryl methyl sites for hydroxylation is 1. The summed E-state index contributed by atoms with van der Waals surface area (Å²) in [5.74, 6) is 0.767. The van der Waals surface area contributed by atoms with Gasteiger partial charge in [-0.3, -0.25) is 9.59 Å². The van der Waals surface area contributed by atoms with Crippen molar-refractivity contribution in [1.29, 1.82) is 0 Å². The summed E-state index contributed by atoms with van der Waals surface area (Å²) in [5.41, 5.74) is 1.87. The van der Waals surface area contributed by atoms with E-state index in [4.69, 9.17) is 14.2 Å². The molecule has 0 saturated carbocycles. The van der Waals surface area contributed by atoms with Gasteiger partial charge < -0.3 is 19.5 Å². The van der Waals surface area contributed by atoms with Crippen LogP contribution in [-0.2, 0) is 27.3 Å². The average molecular weight is 385 g/mol. The number of carbonyl (C=O) groups is 2. The maximum absolute atomic E-state index is 12.2. The van der Waals surface area contributed by atoms with Gasteiger partial charge in [-0.1, -0.05) is 30.3 Å². The standard InChI is InChI=1S/C22H27NO5/c1-4-27-20-8-6-5-7-18(20)11-14-21(24)28-16(2)22(25)23-15-17-9-12-19(26-3)13-10-17/h5-10,12-13,16H,4,11,14-15H2,1-3H3,(H,23,25)/t16-/m0/s1. The Balaban J connectivity index is 1.77. The summed E-state index contributed by atoms with van der Waals surface area (Å²) in [7, 11) is 1.60. The first-order valence-corrected chi connectivity index (χ1v) is 9.34. The van der Waals surface area contributed by atoms with E-state index in [-0.39, 0.29) is 12.3 Å². The molecule has 0 aliphatic carbocycles. The SMILES string of the molecule is CCOc1ccccc1CCC(=O)O[C@@H](C)C(=O)NCc1ccc(OC)cc1. The molecular weight excluding hydrogens is 358 g/mol. The molecule has 0 saturated heterocycles. The van der Waals surface area contributed by atoms with Crippen LogP contribution in [0.4, 0.5) is 0 Å². The topological polar surface area (TPSA) is 73.9 Å². The van der Waals surface area contributed by atoms with Crippen molar-refractivity contribution in [1.82, 2.24) is 5.32 Å². The Bertz CT molecular complexity index is 773. The number of hydrogen-bond acceptors (Lipinski definition) is 5. The monoisotopic (exact) mass is 385 g/mol. The minimum Gasteiger partial charge on any atom is -0.497 e. The number of para-hydroxylation sites is 1. The van der Waals surface area contributed by atoms with E-state index in [2.05, 4.69) is 5.32 Å². The van der Waals surface area contributed by atoms with Crippen LogP contribution in [0.3, 0.4) is 0 Å². The van der Waals surface area contributed by atoms with Crippen molar-refractivity contribution < 1.29 is 23.8 Å². The summed E-state index contributed by atoms with van der Waals surface area (Å²) < 4.78 is 15.9. The number of nitrogens with one attached hydrogen (secondary N) is 1. The van der Waals surface area contributed by atoms with Gasteiger partial charge in [0, 0.05) is 13.0 Å². The highest BCUT2D eigenvalue weighted by molar-refractivity contribution is 5.83.